The fourth-order valence-electron chi connectivity index (χ4n) is 3.12. The zero-order valence-corrected chi connectivity index (χ0v) is 17.4. The highest BCUT2D eigenvalue weighted by Crippen LogP contribution is 2.22. The zero-order valence-electron chi connectivity index (χ0n) is 16.6. The standard InChI is InChI=1S/C21H26N2O4S/c1-5-10-28(26,27)18-9-7-6-8-17(18)21(25)22-13-19(24)23-20-15(3)11-14(2)12-16(20)4/h6-9,11-12H,5,10,13H2,1-4H3,(H,22,25)(H,23,24). The number of benzene rings is 2. The molecule has 0 spiro atoms. The largest absolute Gasteiger partial charge is 0.343 e. The van der Waals surface area contributed by atoms with Gasteiger partial charge in [0.1, 0.15) is 0 Å². The molecule has 0 atom stereocenters. The Balaban J connectivity index is 2.10. The van der Waals surface area contributed by atoms with Crippen molar-refractivity contribution in [1.82, 2.24) is 5.32 Å². The lowest BCUT2D eigenvalue weighted by Gasteiger charge is -2.14. The van der Waals surface area contributed by atoms with E-state index in [2.05, 4.69) is 10.6 Å². The number of rotatable bonds is 7. The van der Waals surface area contributed by atoms with E-state index in [9.17, 15) is 18.0 Å². The van der Waals surface area contributed by atoms with E-state index in [1.165, 1.54) is 12.1 Å². The van der Waals surface area contributed by atoms with Gasteiger partial charge in [0.05, 0.1) is 22.8 Å². The molecule has 6 nitrogen and oxygen atoms in total. The third-order valence-corrected chi connectivity index (χ3v) is 6.26. The molecular formula is C21H26N2O4S. The maximum Gasteiger partial charge on any atom is 0.253 e. The van der Waals surface area contributed by atoms with E-state index in [1.807, 2.05) is 32.9 Å². The first kappa shape index (κ1) is 21.6. The van der Waals surface area contributed by atoms with Crippen molar-refractivity contribution in [2.24, 2.45) is 0 Å². The lowest BCUT2D eigenvalue weighted by Crippen LogP contribution is -2.34. The van der Waals surface area contributed by atoms with E-state index in [0.717, 1.165) is 22.4 Å². The van der Waals surface area contributed by atoms with Gasteiger partial charge in [-0.25, -0.2) is 8.42 Å². The number of carbonyl (C=O) groups is 2. The summed E-state index contributed by atoms with van der Waals surface area (Å²) in [5.74, 6) is -1.01. The van der Waals surface area contributed by atoms with Gasteiger partial charge in [-0.1, -0.05) is 36.8 Å². The van der Waals surface area contributed by atoms with Crippen molar-refractivity contribution < 1.29 is 18.0 Å². The van der Waals surface area contributed by atoms with E-state index in [0.29, 0.717) is 6.42 Å². The van der Waals surface area contributed by atoms with E-state index in [1.54, 1.807) is 19.1 Å². The van der Waals surface area contributed by atoms with Gasteiger partial charge in [-0.05, 0) is 50.5 Å². The summed E-state index contributed by atoms with van der Waals surface area (Å²) in [6, 6.07) is 9.98. The molecule has 0 saturated heterocycles. The van der Waals surface area contributed by atoms with Crippen molar-refractivity contribution in [3.63, 3.8) is 0 Å². The van der Waals surface area contributed by atoms with Gasteiger partial charge >= 0.3 is 0 Å². The van der Waals surface area contributed by atoms with Crippen LogP contribution in [0.4, 0.5) is 5.69 Å². The average Bonchev–Trinajstić information content (AvgIpc) is 2.62. The van der Waals surface area contributed by atoms with Crippen molar-refractivity contribution in [1.29, 1.82) is 0 Å². The Bertz CT molecular complexity index is 974. The summed E-state index contributed by atoms with van der Waals surface area (Å²) >= 11 is 0. The summed E-state index contributed by atoms with van der Waals surface area (Å²) < 4.78 is 24.8. The average molecular weight is 403 g/mol. The molecule has 0 bridgehead atoms. The quantitative estimate of drug-likeness (QED) is 0.744. The molecule has 2 rings (SSSR count). The molecule has 0 aliphatic carbocycles. The molecule has 0 aliphatic rings. The van der Waals surface area contributed by atoms with Crippen LogP contribution in [-0.4, -0.2) is 32.5 Å². The van der Waals surface area contributed by atoms with Crippen molar-refractivity contribution in [3.8, 4) is 0 Å². The minimum Gasteiger partial charge on any atom is -0.343 e. The van der Waals surface area contributed by atoms with Crippen LogP contribution in [0, 0.1) is 20.8 Å². The van der Waals surface area contributed by atoms with E-state index < -0.39 is 15.7 Å². The number of anilines is 1. The van der Waals surface area contributed by atoms with Gasteiger partial charge in [0.2, 0.25) is 5.91 Å². The summed E-state index contributed by atoms with van der Waals surface area (Å²) in [6.07, 6.45) is 0.454. The summed E-state index contributed by atoms with van der Waals surface area (Å²) in [7, 11) is -3.55. The maximum absolute atomic E-state index is 12.5. The number of sulfone groups is 1. The normalized spacial score (nSPS) is 11.1. The maximum atomic E-state index is 12.5. The minimum atomic E-state index is -3.55. The Morgan fingerprint density at radius 2 is 1.61 bits per heavy atom. The Hall–Kier alpha value is -2.67. The first-order valence-electron chi connectivity index (χ1n) is 9.13. The highest BCUT2D eigenvalue weighted by molar-refractivity contribution is 7.91. The number of hydrogen-bond acceptors (Lipinski definition) is 4. The molecule has 150 valence electrons. The Labute approximate surface area is 166 Å². The van der Waals surface area contributed by atoms with Crippen LogP contribution in [-0.2, 0) is 14.6 Å². The van der Waals surface area contributed by atoms with Gasteiger partial charge in [-0.2, -0.15) is 0 Å². The Kier molecular flexibility index (Phi) is 6.96. The second kappa shape index (κ2) is 9.01. The van der Waals surface area contributed by atoms with E-state index in [4.69, 9.17) is 0 Å². The van der Waals surface area contributed by atoms with Gasteiger partial charge in [0.25, 0.3) is 5.91 Å². The van der Waals surface area contributed by atoms with Crippen LogP contribution in [0.25, 0.3) is 0 Å². The Morgan fingerprint density at radius 3 is 2.21 bits per heavy atom. The number of carbonyl (C=O) groups excluding carboxylic acids is 2. The molecule has 0 heterocycles. The van der Waals surface area contributed by atoms with Gasteiger partial charge in [0.15, 0.2) is 9.84 Å². The number of hydrogen-bond donors (Lipinski definition) is 2. The SMILES string of the molecule is CCCS(=O)(=O)c1ccccc1C(=O)NCC(=O)Nc1c(C)cc(C)cc1C. The molecule has 2 aromatic carbocycles. The molecule has 7 heteroatoms. The lowest BCUT2D eigenvalue weighted by atomic mass is 10.1. The smallest absolute Gasteiger partial charge is 0.253 e. The lowest BCUT2D eigenvalue weighted by molar-refractivity contribution is -0.115. The molecule has 0 fully saturated rings. The number of aryl methyl sites for hydroxylation is 3. The van der Waals surface area contributed by atoms with Crippen LogP contribution in [0.5, 0.6) is 0 Å². The topological polar surface area (TPSA) is 92.3 Å². The zero-order chi connectivity index (χ0) is 20.9. The Morgan fingerprint density at radius 1 is 1.00 bits per heavy atom. The number of nitrogens with one attached hydrogen (secondary N) is 2. The first-order valence-corrected chi connectivity index (χ1v) is 10.8. The molecule has 2 amide bonds. The molecule has 28 heavy (non-hydrogen) atoms. The van der Waals surface area contributed by atoms with Crippen molar-refractivity contribution in [3.05, 3.63) is 58.7 Å². The van der Waals surface area contributed by atoms with Gasteiger partial charge < -0.3 is 10.6 Å². The molecule has 0 aliphatic heterocycles. The van der Waals surface area contributed by atoms with Gasteiger partial charge in [-0.3, -0.25) is 9.59 Å². The van der Waals surface area contributed by atoms with E-state index >= 15 is 0 Å². The third-order valence-electron chi connectivity index (χ3n) is 4.29. The molecule has 0 radical (unpaired) electrons. The first-order chi connectivity index (χ1) is 13.2. The predicted octanol–water partition coefficient (Wildman–Crippen LogP) is 3.16. The third kappa shape index (κ3) is 5.19. The molecule has 0 saturated carbocycles. The molecular weight excluding hydrogens is 376 g/mol. The van der Waals surface area contributed by atoms with Gasteiger partial charge in [-0.15, -0.1) is 0 Å². The molecule has 0 aromatic heterocycles. The fourth-order valence-corrected chi connectivity index (χ4v) is 4.66. The van der Waals surface area contributed by atoms with Crippen LogP contribution < -0.4 is 10.6 Å². The summed E-state index contributed by atoms with van der Waals surface area (Å²) in [5.41, 5.74) is 3.75. The molecule has 2 aromatic rings. The fraction of sp³-hybridized carbons (Fsp3) is 0.333. The molecule has 0 unspecified atom stereocenters. The van der Waals surface area contributed by atoms with Crippen LogP contribution in [0.3, 0.4) is 0 Å². The van der Waals surface area contributed by atoms with Crippen LogP contribution in [0.1, 0.15) is 40.4 Å². The second-order valence-corrected chi connectivity index (χ2v) is 8.90. The predicted molar refractivity (Wildman–Crippen MR) is 110 cm³/mol. The van der Waals surface area contributed by atoms with Crippen LogP contribution in [0.2, 0.25) is 0 Å². The monoisotopic (exact) mass is 402 g/mol. The minimum absolute atomic E-state index is 0.0139. The van der Waals surface area contributed by atoms with Crippen molar-refractivity contribution in [2.75, 3.05) is 17.6 Å². The van der Waals surface area contributed by atoms with E-state index in [-0.39, 0.29) is 28.7 Å². The highest BCUT2D eigenvalue weighted by Gasteiger charge is 2.21. The van der Waals surface area contributed by atoms with Crippen LogP contribution >= 0.6 is 0 Å². The summed E-state index contributed by atoms with van der Waals surface area (Å²) in [4.78, 5) is 24.8. The molecule has 2 N–H and O–H groups in total. The number of amides is 2. The summed E-state index contributed by atoms with van der Waals surface area (Å²) in [5, 5.41) is 5.31. The highest BCUT2D eigenvalue weighted by atomic mass is 32.2. The summed E-state index contributed by atoms with van der Waals surface area (Å²) in [6.45, 7) is 7.30. The van der Waals surface area contributed by atoms with Gasteiger partial charge in [0, 0.05) is 5.69 Å². The van der Waals surface area contributed by atoms with Crippen molar-refractivity contribution >= 4 is 27.3 Å². The van der Waals surface area contributed by atoms with Crippen molar-refractivity contribution in [2.45, 2.75) is 39.0 Å². The second-order valence-electron chi connectivity index (χ2n) is 6.82. The van der Waals surface area contributed by atoms with Crippen LogP contribution in [0.15, 0.2) is 41.3 Å².